The molecule has 0 radical (unpaired) electrons. The summed E-state index contributed by atoms with van der Waals surface area (Å²) in [5.41, 5.74) is 0. The standard InChI is InChI=1S/C14H25NO3/c1-3-10-5-4-6-11(7-10)18-14(16)13-8-12(17-2)9-15-13/h10-13,15H,3-9H2,1-2H3. The van der Waals surface area contributed by atoms with Crippen molar-refractivity contribution in [2.45, 2.75) is 63.7 Å². The van der Waals surface area contributed by atoms with Gasteiger partial charge >= 0.3 is 5.97 Å². The molecular formula is C14H25NO3. The van der Waals surface area contributed by atoms with Gasteiger partial charge in [-0.15, -0.1) is 0 Å². The zero-order valence-corrected chi connectivity index (χ0v) is 11.5. The van der Waals surface area contributed by atoms with Gasteiger partial charge in [-0.2, -0.15) is 0 Å². The van der Waals surface area contributed by atoms with E-state index in [4.69, 9.17) is 9.47 Å². The zero-order valence-electron chi connectivity index (χ0n) is 11.5. The van der Waals surface area contributed by atoms with E-state index in [0.717, 1.165) is 31.7 Å². The molecule has 4 nitrogen and oxygen atoms in total. The minimum Gasteiger partial charge on any atom is -0.461 e. The maximum absolute atomic E-state index is 12.0. The van der Waals surface area contributed by atoms with Crippen molar-refractivity contribution in [3.05, 3.63) is 0 Å². The van der Waals surface area contributed by atoms with Crippen molar-refractivity contribution in [1.82, 2.24) is 5.32 Å². The van der Waals surface area contributed by atoms with Crippen molar-refractivity contribution in [3.63, 3.8) is 0 Å². The first-order valence-electron chi connectivity index (χ1n) is 7.19. The Morgan fingerprint density at radius 3 is 2.78 bits per heavy atom. The van der Waals surface area contributed by atoms with Crippen LogP contribution in [0.15, 0.2) is 0 Å². The highest BCUT2D eigenvalue weighted by Crippen LogP contribution is 2.29. The molecule has 1 N–H and O–H groups in total. The van der Waals surface area contributed by atoms with Gasteiger partial charge in [0.25, 0.3) is 0 Å². The summed E-state index contributed by atoms with van der Waals surface area (Å²) in [6.07, 6.45) is 6.77. The smallest absolute Gasteiger partial charge is 0.323 e. The average Bonchev–Trinajstić information content (AvgIpc) is 2.88. The molecule has 1 saturated carbocycles. The van der Waals surface area contributed by atoms with Gasteiger partial charge in [-0.25, -0.2) is 0 Å². The average molecular weight is 255 g/mol. The first-order valence-corrected chi connectivity index (χ1v) is 7.19. The largest absolute Gasteiger partial charge is 0.461 e. The molecule has 0 bridgehead atoms. The van der Waals surface area contributed by atoms with Crippen molar-refractivity contribution >= 4 is 5.97 Å². The van der Waals surface area contributed by atoms with E-state index in [9.17, 15) is 4.79 Å². The summed E-state index contributed by atoms with van der Waals surface area (Å²) in [7, 11) is 1.69. The van der Waals surface area contributed by atoms with Crippen LogP contribution in [0.1, 0.15) is 45.4 Å². The lowest BCUT2D eigenvalue weighted by Crippen LogP contribution is -2.36. The summed E-state index contributed by atoms with van der Waals surface area (Å²) in [6.45, 7) is 2.97. The molecule has 0 aromatic carbocycles. The van der Waals surface area contributed by atoms with Crippen LogP contribution < -0.4 is 5.32 Å². The lowest BCUT2D eigenvalue weighted by molar-refractivity contribution is -0.153. The molecule has 2 fully saturated rings. The molecule has 2 aliphatic rings. The van der Waals surface area contributed by atoms with Crippen molar-refractivity contribution < 1.29 is 14.3 Å². The van der Waals surface area contributed by atoms with Crippen LogP contribution in [-0.4, -0.2) is 37.9 Å². The van der Waals surface area contributed by atoms with Gasteiger partial charge in [0, 0.05) is 20.1 Å². The van der Waals surface area contributed by atoms with Gasteiger partial charge in [0.1, 0.15) is 12.1 Å². The fraction of sp³-hybridized carbons (Fsp3) is 0.929. The minimum absolute atomic E-state index is 0.0868. The molecule has 1 aliphatic carbocycles. The van der Waals surface area contributed by atoms with Crippen molar-refractivity contribution in [2.24, 2.45) is 5.92 Å². The van der Waals surface area contributed by atoms with Crippen LogP contribution in [0.3, 0.4) is 0 Å². The third-order valence-corrected chi connectivity index (χ3v) is 4.30. The van der Waals surface area contributed by atoms with E-state index in [-0.39, 0.29) is 24.2 Å². The molecule has 1 heterocycles. The maximum Gasteiger partial charge on any atom is 0.323 e. The SMILES string of the molecule is CCC1CCCC(OC(=O)C2CC(OC)CN2)C1. The van der Waals surface area contributed by atoms with E-state index in [0.29, 0.717) is 0 Å². The van der Waals surface area contributed by atoms with Gasteiger partial charge in [0.2, 0.25) is 0 Å². The first-order chi connectivity index (χ1) is 8.72. The summed E-state index contributed by atoms with van der Waals surface area (Å²) >= 11 is 0. The van der Waals surface area contributed by atoms with Crippen molar-refractivity contribution in [1.29, 1.82) is 0 Å². The second-order valence-corrected chi connectivity index (χ2v) is 5.55. The quantitative estimate of drug-likeness (QED) is 0.779. The molecule has 1 saturated heterocycles. The molecule has 0 spiro atoms. The monoisotopic (exact) mass is 255 g/mol. The molecule has 104 valence electrons. The maximum atomic E-state index is 12.0. The second kappa shape index (κ2) is 6.53. The molecule has 4 heteroatoms. The molecule has 4 atom stereocenters. The van der Waals surface area contributed by atoms with E-state index < -0.39 is 0 Å². The molecule has 0 amide bonds. The molecule has 0 aromatic rings. The van der Waals surface area contributed by atoms with E-state index >= 15 is 0 Å². The predicted octanol–water partition coefficient (Wildman–Crippen LogP) is 1.88. The van der Waals surface area contributed by atoms with Crippen LogP contribution in [0.2, 0.25) is 0 Å². The Kier molecular flexibility index (Phi) is 5.01. The van der Waals surface area contributed by atoms with Gasteiger partial charge in [-0.3, -0.25) is 4.79 Å². The lowest BCUT2D eigenvalue weighted by Gasteiger charge is -2.29. The van der Waals surface area contributed by atoms with Crippen molar-refractivity contribution in [3.8, 4) is 0 Å². The third kappa shape index (κ3) is 3.45. The topological polar surface area (TPSA) is 47.6 Å². The van der Waals surface area contributed by atoms with Gasteiger partial charge in [-0.05, 0) is 25.2 Å². The molecule has 2 rings (SSSR count). The first kappa shape index (κ1) is 13.8. The predicted molar refractivity (Wildman–Crippen MR) is 69.3 cm³/mol. The van der Waals surface area contributed by atoms with E-state index in [1.54, 1.807) is 7.11 Å². The number of nitrogens with one attached hydrogen (secondary N) is 1. The minimum atomic E-state index is -0.169. The number of hydrogen-bond donors (Lipinski definition) is 1. The number of carbonyl (C=O) groups is 1. The van der Waals surface area contributed by atoms with Crippen LogP contribution in [0.5, 0.6) is 0 Å². The fourth-order valence-electron chi connectivity index (χ4n) is 3.03. The zero-order chi connectivity index (χ0) is 13.0. The normalized spacial score (nSPS) is 36.6. The summed E-state index contributed by atoms with van der Waals surface area (Å²) in [4.78, 5) is 12.0. The molecular weight excluding hydrogens is 230 g/mol. The van der Waals surface area contributed by atoms with E-state index in [2.05, 4.69) is 12.2 Å². The van der Waals surface area contributed by atoms with Crippen LogP contribution in [0.4, 0.5) is 0 Å². The summed E-state index contributed by atoms with van der Waals surface area (Å²) < 4.78 is 10.9. The number of esters is 1. The van der Waals surface area contributed by atoms with Gasteiger partial charge < -0.3 is 14.8 Å². The Hall–Kier alpha value is -0.610. The fourth-order valence-corrected chi connectivity index (χ4v) is 3.03. The number of methoxy groups -OCH3 is 1. The van der Waals surface area contributed by atoms with Crippen LogP contribution in [-0.2, 0) is 14.3 Å². The third-order valence-electron chi connectivity index (χ3n) is 4.30. The Bertz CT molecular complexity index is 282. The van der Waals surface area contributed by atoms with Crippen molar-refractivity contribution in [2.75, 3.05) is 13.7 Å². The Morgan fingerprint density at radius 2 is 2.11 bits per heavy atom. The summed E-state index contributed by atoms with van der Waals surface area (Å²) in [5.74, 6) is 0.649. The number of hydrogen-bond acceptors (Lipinski definition) is 4. The Balaban J connectivity index is 1.77. The van der Waals surface area contributed by atoms with E-state index in [1.807, 2.05) is 0 Å². The van der Waals surface area contributed by atoms with Crippen LogP contribution in [0, 0.1) is 5.92 Å². The Labute approximate surface area is 109 Å². The van der Waals surface area contributed by atoms with E-state index in [1.165, 1.54) is 19.3 Å². The van der Waals surface area contributed by atoms with Gasteiger partial charge in [0.15, 0.2) is 0 Å². The highest BCUT2D eigenvalue weighted by molar-refractivity contribution is 5.76. The van der Waals surface area contributed by atoms with Crippen LogP contribution in [0.25, 0.3) is 0 Å². The second-order valence-electron chi connectivity index (χ2n) is 5.55. The van der Waals surface area contributed by atoms with Gasteiger partial charge in [-0.1, -0.05) is 19.8 Å². The Morgan fingerprint density at radius 1 is 1.28 bits per heavy atom. The lowest BCUT2D eigenvalue weighted by atomic mass is 9.85. The molecule has 18 heavy (non-hydrogen) atoms. The highest BCUT2D eigenvalue weighted by Gasteiger charge is 2.33. The highest BCUT2D eigenvalue weighted by atomic mass is 16.5. The summed E-state index contributed by atoms with van der Waals surface area (Å²) in [6, 6.07) is -0.169. The number of ether oxygens (including phenoxy) is 2. The molecule has 1 aliphatic heterocycles. The molecule has 4 unspecified atom stereocenters. The number of rotatable bonds is 4. The molecule has 0 aromatic heterocycles. The number of carbonyl (C=O) groups excluding carboxylic acids is 1. The van der Waals surface area contributed by atoms with Gasteiger partial charge in [0.05, 0.1) is 6.10 Å². The van der Waals surface area contributed by atoms with Crippen LogP contribution >= 0.6 is 0 Å². The summed E-state index contributed by atoms with van der Waals surface area (Å²) in [5, 5.41) is 3.17.